The fourth-order valence-corrected chi connectivity index (χ4v) is 4.09. The fourth-order valence-electron chi connectivity index (χ4n) is 4.09. The molecule has 6 heteroatoms. The summed E-state index contributed by atoms with van der Waals surface area (Å²) in [5.41, 5.74) is 1.78. The second-order valence-electron chi connectivity index (χ2n) is 7.33. The van der Waals surface area contributed by atoms with E-state index in [9.17, 15) is 18.0 Å². The van der Waals surface area contributed by atoms with Gasteiger partial charge in [-0.3, -0.25) is 4.79 Å². The number of fused-ring (bicyclic) bond motifs is 1. The number of aromatic nitrogens is 1. The van der Waals surface area contributed by atoms with Gasteiger partial charge in [0, 0.05) is 30.0 Å². The number of aryl methyl sites for hydroxylation is 1. The molecule has 2 aromatic carbocycles. The molecular formula is C23H21F3N2O. The maximum atomic E-state index is 13.2. The molecule has 29 heavy (non-hydrogen) atoms. The third-order valence-corrected chi connectivity index (χ3v) is 5.48. The smallest absolute Gasteiger partial charge is 0.351 e. The van der Waals surface area contributed by atoms with Crippen LogP contribution in [0.1, 0.15) is 35.6 Å². The first-order valence-corrected chi connectivity index (χ1v) is 9.61. The zero-order valence-electron chi connectivity index (χ0n) is 15.7. The standard InChI is InChI=1S/C23H21F3N2O/c24-23(25,26)17-10-12-18(13-11-17)27-22(29)19-8-4-14-28-15-5-9-20(28)21(19)16-6-2-1-3-7-16/h1-3,5-7,9-13,15,19,21H,4,8,14H2,(H,27,29). The van der Waals surface area contributed by atoms with E-state index in [0.29, 0.717) is 12.1 Å². The number of hydrogen-bond acceptors (Lipinski definition) is 1. The number of carbonyl (C=O) groups is 1. The maximum Gasteiger partial charge on any atom is 0.416 e. The first-order valence-electron chi connectivity index (χ1n) is 9.61. The van der Waals surface area contributed by atoms with Crippen molar-refractivity contribution in [2.24, 2.45) is 5.92 Å². The summed E-state index contributed by atoms with van der Waals surface area (Å²) in [6.07, 6.45) is -0.807. The van der Waals surface area contributed by atoms with E-state index in [2.05, 4.69) is 9.88 Å². The Bertz CT molecular complexity index is 977. The van der Waals surface area contributed by atoms with Crippen LogP contribution >= 0.6 is 0 Å². The SMILES string of the molecule is O=C(Nc1ccc(C(F)(F)F)cc1)C1CCCn2cccc2C1c1ccccc1. The minimum atomic E-state index is -4.40. The van der Waals surface area contributed by atoms with Crippen LogP contribution in [-0.4, -0.2) is 10.5 Å². The lowest BCUT2D eigenvalue weighted by molar-refractivity contribution is -0.137. The van der Waals surface area contributed by atoms with E-state index in [1.165, 1.54) is 12.1 Å². The predicted molar refractivity (Wildman–Crippen MR) is 106 cm³/mol. The average molecular weight is 398 g/mol. The summed E-state index contributed by atoms with van der Waals surface area (Å²) >= 11 is 0. The van der Waals surface area contributed by atoms with Gasteiger partial charge in [0.15, 0.2) is 0 Å². The van der Waals surface area contributed by atoms with Gasteiger partial charge in [-0.25, -0.2) is 0 Å². The van der Waals surface area contributed by atoms with Crippen LogP contribution in [0.15, 0.2) is 72.9 Å². The van der Waals surface area contributed by atoms with Crippen LogP contribution in [0.4, 0.5) is 18.9 Å². The molecular weight excluding hydrogens is 377 g/mol. The quantitative estimate of drug-likeness (QED) is 0.604. The third-order valence-electron chi connectivity index (χ3n) is 5.48. The van der Waals surface area contributed by atoms with Crippen LogP contribution in [0.2, 0.25) is 0 Å². The van der Waals surface area contributed by atoms with Gasteiger partial charge >= 0.3 is 6.18 Å². The number of carbonyl (C=O) groups excluding carboxylic acids is 1. The van der Waals surface area contributed by atoms with Gasteiger partial charge in [0.05, 0.1) is 11.5 Å². The Morgan fingerprint density at radius 3 is 2.38 bits per heavy atom. The summed E-state index contributed by atoms with van der Waals surface area (Å²) in [4.78, 5) is 13.2. The lowest BCUT2D eigenvalue weighted by atomic mass is 9.81. The number of nitrogens with zero attached hydrogens (tertiary/aromatic N) is 1. The van der Waals surface area contributed by atoms with Crippen molar-refractivity contribution < 1.29 is 18.0 Å². The summed E-state index contributed by atoms with van der Waals surface area (Å²) in [5.74, 6) is -0.591. The van der Waals surface area contributed by atoms with Crippen molar-refractivity contribution in [3.63, 3.8) is 0 Å². The van der Waals surface area contributed by atoms with Crippen LogP contribution in [0.25, 0.3) is 0 Å². The number of hydrogen-bond donors (Lipinski definition) is 1. The molecule has 1 aliphatic heterocycles. The van der Waals surface area contributed by atoms with Gasteiger partial charge in [-0.15, -0.1) is 0 Å². The fraction of sp³-hybridized carbons (Fsp3) is 0.261. The topological polar surface area (TPSA) is 34.0 Å². The molecule has 0 saturated heterocycles. The van der Waals surface area contributed by atoms with Crippen molar-refractivity contribution >= 4 is 11.6 Å². The Balaban J connectivity index is 1.62. The lowest BCUT2D eigenvalue weighted by Gasteiger charge is -2.25. The van der Waals surface area contributed by atoms with E-state index in [1.807, 2.05) is 48.7 Å². The molecule has 2 unspecified atom stereocenters. The summed E-state index contributed by atoms with van der Waals surface area (Å²) in [6.45, 7) is 0.843. The number of nitrogens with one attached hydrogen (secondary N) is 1. The molecule has 1 N–H and O–H groups in total. The van der Waals surface area contributed by atoms with E-state index in [0.717, 1.165) is 36.4 Å². The van der Waals surface area contributed by atoms with E-state index >= 15 is 0 Å². The highest BCUT2D eigenvalue weighted by Crippen LogP contribution is 2.38. The van der Waals surface area contributed by atoms with E-state index in [1.54, 1.807) is 0 Å². The number of halogens is 3. The summed E-state index contributed by atoms with van der Waals surface area (Å²) in [7, 11) is 0. The van der Waals surface area contributed by atoms with Gasteiger partial charge in [-0.2, -0.15) is 13.2 Å². The van der Waals surface area contributed by atoms with Crippen LogP contribution in [-0.2, 0) is 17.5 Å². The molecule has 3 aromatic rings. The summed E-state index contributed by atoms with van der Waals surface area (Å²) in [6, 6.07) is 18.5. The normalized spacial score (nSPS) is 19.3. The molecule has 0 bridgehead atoms. The highest BCUT2D eigenvalue weighted by Gasteiger charge is 2.34. The molecule has 0 aliphatic carbocycles. The molecule has 1 amide bonds. The maximum absolute atomic E-state index is 13.2. The third kappa shape index (κ3) is 4.06. The Morgan fingerprint density at radius 1 is 0.966 bits per heavy atom. The molecule has 3 nitrogen and oxygen atoms in total. The molecule has 0 saturated carbocycles. The number of anilines is 1. The highest BCUT2D eigenvalue weighted by atomic mass is 19.4. The van der Waals surface area contributed by atoms with E-state index in [-0.39, 0.29) is 17.7 Å². The Labute approximate surface area is 167 Å². The summed E-state index contributed by atoms with van der Waals surface area (Å²) in [5, 5.41) is 2.83. The van der Waals surface area contributed by atoms with Crippen molar-refractivity contribution in [3.8, 4) is 0 Å². The summed E-state index contributed by atoms with van der Waals surface area (Å²) < 4.78 is 40.5. The first kappa shape index (κ1) is 19.3. The average Bonchev–Trinajstić information content (AvgIpc) is 3.08. The second-order valence-corrected chi connectivity index (χ2v) is 7.33. The Morgan fingerprint density at radius 2 is 1.69 bits per heavy atom. The van der Waals surface area contributed by atoms with Crippen molar-refractivity contribution in [3.05, 3.63) is 89.7 Å². The monoisotopic (exact) mass is 398 g/mol. The van der Waals surface area contributed by atoms with Gasteiger partial charge < -0.3 is 9.88 Å². The van der Waals surface area contributed by atoms with Crippen LogP contribution in [0.5, 0.6) is 0 Å². The van der Waals surface area contributed by atoms with Crippen molar-refractivity contribution in [2.75, 3.05) is 5.32 Å². The van der Waals surface area contributed by atoms with Gasteiger partial charge in [0.1, 0.15) is 0 Å². The van der Waals surface area contributed by atoms with Crippen molar-refractivity contribution in [2.45, 2.75) is 31.5 Å². The van der Waals surface area contributed by atoms with Crippen LogP contribution in [0, 0.1) is 5.92 Å². The van der Waals surface area contributed by atoms with E-state index in [4.69, 9.17) is 0 Å². The Hall–Kier alpha value is -3.02. The number of alkyl halides is 3. The molecule has 4 rings (SSSR count). The van der Waals surface area contributed by atoms with Gasteiger partial charge in [0.2, 0.25) is 5.91 Å². The molecule has 0 spiro atoms. The molecule has 0 radical (unpaired) electrons. The second kappa shape index (κ2) is 7.78. The molecule has 1 aliphatic rings. The van der Waals surface area contributed by atoms with Crippen molar-refractivity contribution in [1.29, 1.82) is 0 Å². The number of amides is 1. The number of rotatable bonds is 3. The van der Waals surface area contributed by atoms with E-state index < -0.39 is 11.7 Å². The Kier molecular flexibility index (Phi) is 5.18. The van der Waals surface area contributed by atoms with Crippen molar-refractivity contribution in [1.82, 2.24) is 4.57 Å². The van der Waals surface area contributed by atoms with Gasteiger partial charge in [0.25, 0.3) is 0 Å². The first-order chi connectivity index (χ1) is 13.9. The molecule has 1 aromatic heterocycles. The molecule has 150 valence electrons. The molecule has 0 fully saturated rings. The minimum absolute atomic E-state index is 0.108. The minimum Gasteiger partial charge on any atom is -0.351 e. The number of benzene rings is 2. The zero-order chi connectivity index (χ0) is 20.4. The van der Waals surface area contributed by atoms with Crippen LogP contribution < -0.4 is 5.32 Å². The molecule has 2 heterocycles. The molecule has 2 atom stereocenters. The van der Waals surface area contributed by atoms with Gasteiger partial charge in [-0.05, 0) is 54.8 Å². The van der Waals surface area contributed by atoms with Crippen LogP contribution in [0.3, 0.4) is 0 Å². The largest absolute Gasteiger partial charge is 0.416 e. The van der Waals surface area contributed by atoms with Gasteiger partial charge in [-0.1, -0.05) is 30.3 Å². The predicted octanol–water partition coefficient (Wildman–Crippen LogP) is 5.69. The highest BCUT2D eigenvalue weighted by molar-refractivity contribution is 5.93. The zero-order valence-corrected chi connectivity index (χ0v) is 15.7. The lowest BCUT2D eigenvalue weighted by Crippen LogP contribution is -2.28.